The lowest BCUT2D eigenvalue weighted by Crippen LogP contribution is -2.00. The normalized spacial score (nSPS) is 11.7. The summed E-state index contributed by atoms with van der Waals surface area (Å²) in [4.78, 5) is 14.7. The van der Waals surface area contributed by atoms with Gasteiger partial charge in [0.1, 0.15) is 11.2 Å². The van der Waals surface area contributed by atoms with Crippen LogP contribution in [0.4, 0.5) is 0 Å². The summed E-state index contributed by atoms with van der Waals surface area (Å²) in [7, 11) is 0. The molecule has 4 nitrogen and oxygen atoms in total. The summed E-state index contributed by atoms with van der Waals surface area (Å²) in [6.07, 6.45) is 0. The molecule has 0 saturated heterocycles. The topological polar surface area (TPSA) is 51.8 Å². The minimum absolute atomic E-state index is 0.650. The highest BCUT2D eigenvalue weighted by Crippen LogP contribution is 2.38. The Kier molecular flexibility index (Phi) is 5.16. The Balaban J connectivity index is 1.26. The Morgan fingerprint density at radius 3 is 1.63 bits per heavy atom. The molecular weight excluding hydrogens is 526 g/mol. The van der Waals surface area contributed by atoms with E-state index in [1.807, 2.05) is 72.8 Å². The first-order valence-corrected chi connectivity index (χ1v) is 14.4. The molecule has 0 N–H and O–H groups in total. The van der Waals surface area contributed by atoms with Gasteiger partial charge in [-0.05, 0) is 56.6 Å². The van der Waals surface area contributed by atoms with Crippen LogP contribution in [0.15, 0.2) is 144 Å². The third kappa shape index (κ3) is 3.88. The van der Waals surface area contributed by atoms with Crippen LogP contribution in [-0.4, -0.2) is 15.0 Å². The molecule has 0 saturated carbocycles. The second kappa shape index (κ2) is 9.33. The maximum atomic E-state index is 6.27. The molecule has 2 aromatic heterocycles. The average Bonchev–Trinajstić information content (AvgIpc) is 3.44. The molecule has 2 heterocycles. The number of aromatic nitrogens is 3. The lowest BCUT2D eigenvalue weighted by molar-refractivity contribution is 0.669. The molecule has 7 aromatic carbocycles. The number of fused-ring (bicyclic) bond motifs is 8. The third-order valence-electron chi connectivity index (χ3n) is 8.27. The van der Waals surface area contributed by atoms with Crippen molar-refractivity contribution in [3.8, 4) is 34.2 Å². The third-order valence-corrected chi connectivity index (χ3v) is 8.27. The number of hydrogen-bond donors (Lipinski definition) is 0. The number of rotatable bonds is 3. The molecule has 0 aliphatic carbocycles. The van der Waals surface area contributed by atoms with Crippen molar-refractivity contribution >= 4 is 54.3 Å². The van der Waals surface area contributed by atoms with Crippen LogP contribution < -0.4 is 0 Å². The molecule has 0 unspecified atom stereocenters. The van der Waals surface area contributed by atoms with Gasteiger partial charge < -0.3 is 4.42 Å². The number of benzene rings is 7. The van der Waals surface area contributed by atoms with Crippen LogP contribution in [0.3, 0.4) is 0 Å². The van der Waals surface area contributed by atoms with Gasteiger partial charge in [0.2, 0.25) is 0 Å². The fraction of sp³-hybridized carbons (Fsp3) is 0. The highest BCUT2D eigenvalue weighted by atomic mass is 16.3. The van der Waals surface area contributed by atoms with Crippen molar-refractivity contribution in [3.05, 3.63) is 140 Å². The molecule has 200 valence electrons. The van der Waals surface area contributed by atoms with E-state index in [0.29, 0.717) is 17.5 Å². The average molecular weight is 550 g/mol. The molecule has 0 atom stereocenters. The molecule has 9 aromatic rings. The zero-order valence-corrected chi connectivity index (χ0v) is 23.0. The van der Waals surface area contributed by atoms with Crippen LogP contribution in [0.2, 0.25) is 0 Å². The standard InChI is InChI=1S/C39H23N3O/c1-3-9-25(10-4-1)37-40-38(26-11-5-2-6-12-26)42-39(41-37)29-19-20-30-27(21-29)17-15-24-16-18-28-22-33-31-13-7-8-14-34(31)43-35(33)23-32(28)36(24)30/h1-23H. The van der Waals surface area contributed by atoms with Crippen molar-refractivity contribution in [1.82, 2.24) is 15.0 Å². The van der Waals surface area contributed by atoms with Crippen molar-refractivity contribution < 1.29 is 4.42 Å². The van der Waals surface area contributed by atoms with Crippen molar-refractivity contribution in [2.24, 2.45) is 0 Å². The first-order chi connectivity index (χ1) is 21.3. The lowest BCUT2D eigenvalue weighted by Gasteiger charge is -2.11. The lowest BCUT2D eigenvalue weighted by atomic mass is 9.94. The second-order valence-corrected chi connectivity index (χ2v) is 10.9. The predicted octanol–water partition coefficient (Wildman–Crippen LogP) is 10.2. The summed E-state index contributed by atoms with van der Waals surface area (Å²) >= 11 is 0. The molecule has 0 bridgehead atoms. The van der Waals surface area contributed by atoms with Gasteiger partial charge in [-0.2, -0.15) is 0 Å². The zero-order valence-electron chi connectivity index (χ0n) is 23.0. The zero-order chi connectivity index (χ0) is 28.3. The van der Waals surface area contributed by atoms with Crippen LogP contribution in [0.1, 0.15) is 0 Å². The van der Waals surface area contributed by atoms with E-state index in [9.17, 15) is 0 Å². The van der Waals surface area contributed by atoms with Gasteiger partial charge in [-0.25, -0.2) is 15.0 Å². The van der Waals surface area contributed by atoms with Gasteiger partial charge in [0.05, 0.1) is 0 Å². The molecular formula is C39H23N3O. The van der Waals surface area contributed by atoms with Gasteiger partial charge in [0.25, 0.3) is 0 Å². The molecule has 0 aliphatic rings. The fourth-order valence-corrected chi connectivity index (χ4v) is 6.18. The van der Waals surface area contributed by atoms with Crippen LogP contribution >= 0.6 is 0 Å². The van der Waals surface area contributed by atoms with Crippen LogP contribution in [0.25, 0.3) is 88.4 Å². The highest BCUT2D eigenvalue weighted by Gasteiger charge is 2.15. The van der Waals surface area contributed by atoms with Crippen LogP contribution in [0.5, 0.6) is 0 Å². The summed E-state index contributed by atoms with van der Waals surface area (Å²) < 4.78 is 6.27. The molecule has 9 rings (SSSR count). The minimum Gasteiger partial charge on any atom is -0.456 e. The molecule has 0 spiro atoms. The highest BCUT2D eigenvalue weighted by molar-refractivity contribution is 6.23. The Bertz CT molecular complexity index is 2440. The van der Waals surface area contributed by atoms with Crippen LogP contribution in [0, 0.1) is 0 Å². The number of para-hydroxylation sites is 1. The first kappa shape index (κ1) is 23.8. The van der Waals surface area contributed by atoms with Crippen molar-refractivity contribution in [3.63, 3.8) is 0 Å². The van der Waals surface area contributed by atoms with E-state index in [0.717, 1.165) is 44.0 Å². The minimum atomic E-state index is 0.650. The number of hydrogen-bond acceptors (Lipinski definition) is 4. The smallest absolute Gasteiger partial charge is 0.164 e. The largest absolute Gasteiger partial charge is 0.456 e. The van der Waals surface area contributed by atoms with E-state index in [2.05, 4.69) is 66.7 Å². The first-order valence-electron chi connectivity index (χ1n) is 14.4. The Morgan fingerprint density at radius 1 is 0.349 bits per heavy atom. The second-order valence-electron chi connectivity index (χ2n) is 10.9. The number of furan rings is 1. The molecule has 43 heavy (non-hydrogen) atoms. The molecule has 0 amide bonds. The fourth-order valence-electron chi connectivity index (χ4n) is 6.18. The molecule has 0 fully saturated rings. The maximum absolute atomic E-state index is 6.27. The Labute approximate surface area is 246 Å². The van der Waals surface area contributed by atoms with Crippen LogP contribution in [-0.2, 0) is 0 Å². The van der Waals surface area contributed by atoms with E-state index in [4.69, 9.17) is 19.4 Å². The molecule has 0 radical (unpaired) electrons. The van der Waals surface area contributed by atoms with Crippen molar-refractivity contribution in [1.29, 1.82) is 0 Å². The predicted molar refractivity (Wildman–Crippen MR) is 176 cm³/mol. The molecule has 0 aliphatic heterocycles. The van der Waals surface area contributed by atoms with E-state index < -0.39 is 0 Å². The van der Waals surface area contributed by atoms with E-state index in [-0.39, 0.29) is 0 Å². The monoisotopic (exact) mass is 549 g/mol. The van der Waals surface area contributed by atoms with Gasteiger partial charge >= 0.3 is 0 Å². The SMILES string of the molecule is c1ccc(-c2nc(-c3ccccc3)nc(-c3ccc4c(ccc5ccc6cc7c(cc6c54)oc4ccccc47)c3)n2)cc1. The Hall–Kier alpha value is -5.87. The summed E-state index contributed by atoms with van der Waals surface area (Å²) in [6.45, 7) is 0. The van der Waals surface area contributed by atoms with E-state index >= 15 is 0 Å². The summed E-state index contributed by atoms with van der Waals surface area (Å²) in [5.41, 5.74) is 4.68. The van der Waals surface area contributed by atoms with Gasteiger partial charge in [0, 0.05) is 27.5 Å². The summed E-state index contributed by atoms with van der Waals surface area (Å²) in [6, 6.07) is 48.1. The van der Waals surface area contributed by atoms with E-state index in [1.54, 1.807) is 0 Å². The number of nitrogens with zero attached hydrogens (tertiary/aromatic N) is 3. The van der Waals surface area contributed by atoms with Crippen molar-refractivity contribution in [2.75, 3.05) is 0 Å². The quantitative estimate of drug-likeness (QED) is 0.206. The van der Waals surface area contributed by atoms with Gasteiger partial charge in [-0.15, -0.1) is 0 Å². The summed E-state index contributed by atoms with van der Waals surface area (Å²) in [5, 5.41) is 9.39. The molecule has 4 heteroatoms. The van der Waals surface area contributed by atoms with E-state index in [1.165, 1.54) is 26.9 Å². The van der Waals surface area contributed by atoms with Gasteiger partial charge in [-0.3, -0.25) is 0 Å². The maximum Gasteiger partial charge on any atom is 0.164 e. The van der Waals surface area contributed by atoms with Gasteiger partial charge in [0.15, 0.2) is 17.5 Å². The summed E-state index contributed by atoms with van der Waals surface area (Å²) in [5.74, 6) is 1.96. The Morgan fingerprint density at radius 2 is 0.930 bits per heavy atom. The van der Waals surface area contributed by atoms with Crippen molar-refractivity contribution in [2.45, 2.75) is 0 Å². The van der Waals surface area contributed by atoms with Gasteiger partial charge in [-0.1, -0.05) is 115 Å².